The zero-order valence-electron chi connectivity index (χ0n) is 14.9. The number of benzene rings is 1. The van der Waals surface area contributed by atoms with Crippen LogP contribution in [-0.2, 0) is 11.3 Å². The Bertz CT molecular complexity index is 759. The summed E-state index contributed by atoms with van der Waals surface area (Å²) in [6.07, 6.45) is 1.60. The van der Waals surface area contributed by atoms with Crippen LogP contribution in [0.15, 0.2) is 41.1 Å². The van der Waals surface area contributed by atoms with Crippen LogP contribution < -0.4 is 0 Å². The van der Waals surface area contributed by atoms with E-state index in [1.165, 1.54) is 24.5 Å². The second-order valence-electron chi connectivity index (χ2n) is 6.85. The summed E-state index contributed by atoms with van der Waals surface area (Å²) >= 11 is 0. The first-order valence-corrected chi connectivity index (χ1v) is 8.69. The van der Waals surface area contributed by atoms with Crippen molar-refractivity contribution in [2.24, 2.45) is 5.92 Å². The molecule has 2 amide bonds. The van der Waals surface area contributed by atoms with E-state index < -0.39 is 0 Å². The normalized spacial score (nSPS) is 18.3. The highest BCUT2D eigenvalue weighted by Crippen LogP contribution is 2.22. The Labute approximate surface area is 151 Å². The summed E-state index contributed by atoms with van der Waals surface area (Å²) in [7, 11) is 0. The topological polar surface area (TPSA) is 66.7 Å². The van der Waals surface area contributed by atoms with Gasteiger partial charge in [0.15, 0.2) is 5.69 Å². The van der Waals surface area contributed by atoms with Crippen molar-refractivity contribution in [1.29, 1.82) is 0 Å². The fourth-order valence-corrected chi connectivity index (χ4v) is 3.21. The number of rotatable bonds is 4. The van der Waals surface area contributed by atoms with Crippen LogP contribution in [0.5, 0.6) is 0 Å². The van der Waals surface area contributed by atoms with Crippen LogP contribution in [0.4, 0.5) is 4.39 Å². The molecular weight excluding hydrogens is 337 g/mol. The highest BCUT2D eigenvalue weighted by Gasteiger charge is 2.34. The smallest absolute Gasteiger partial charge is 0.276 e. The molecule has 138 valence electrons. The van der Waals surface area contributed by atoms with Gasteiger partial charge in [0.1, 0.15) is 12.1 Å². The van der Waals surface area contributed by atoms with Crippen molar-refractivity contribution in [3.63, 3.8) is 0 Å². The van der Waals surface area contributed by atoms with Crippen molar-refractivity contribution < 1.29 is 18.5 Å². The van der Waals surface area contributed by atoms with Crippen molar-refractivity contribution in [2.45, 2.75) is 32.9 Å². The number of hydrogen-bond donors (Lipinski definition) is 0. The Hall–Kier alpha value is -2.70. The number of nitrogens with zero attached hydrogens (tertiary/aromatic N) is 3. The van der Waals surface area contributed by atoms with E-state index in [0.29, 0.717) is 19.6 Å². The second kappa shape index (κ2) is 7.68. The standard InChI is InChI=1S/C19H22FN3O3/c1-13(2)17-12-22(19(25)16-8-10-26-21-16)9-7-18(24)23(17)11-14-3-5-15(20)6-4-14/h3-6,8,10,13,17H,7,9,11-12H2,1-2H3/t17-/m1/s1. The molecule has 0 N–H and O–H groups in total. The maximum Gasteiger partial charge on any atom is 0.276 e. The molecule has 1 fully saturated rings. The number of carbonyl (C=O) groups is 2. The van der Waals surface area contributed by atoms with E-state index in [4.69, 9.17) is 4.52 Å². The van der Waals surface area contributed by atoms with Gasteiger partial charge in [-0.2, -0.15) is 0 Å². The number of aromatic nitrogens is 1. The van der Waals surface area contributed by atoms with Crippen LogP contribution in [0.3, 0.4) is 0 Å². The van der Waals surface area contributed by atoms with Crippen LogP contribution in [0.25, 0.3) is 0 Å². The Balaban J connectivity index is 1.81. The van der Waals surface area contributed by atoms with Gasteiger partial charge in [0, 0.05) is 32.1 Å². The van der Waals surface area contributed by atoms with Crippen LogP contribution in [-0.4, -0.2) is 45.9 Å². The van der Waals surface area contributed by atoms with Crippen LogP contribution in [0.1, 0.15) is 36.3 Å². The predicted octanol–water partition coefficient (Wildman–Crippen LogP) is 2.71. The highest BCUT2D eigenvalue weighted by molar-refractivity contribution is 5.92. The van der Waals surface area contributed by atoms with E-state index in [9.17, 15) is 14.0 Å². The van der Waals surface area contributed by atoms with E-state index in [-0.39, 0.29) is 41.7 Å². The van der Waals surface area contributed by atoms with Gasteiger partial charge < -0.3 is 14.3 Å². The predicted molar refractivity (Wildman–Crippen MR) is 92.6 cm³/mol. The quantitative estimate of drug-likeness (QED) is 0.842. The maximum atomic E-state index is 13.1. The van der Waals surface area contributed by atoms with Crippen molar-refractivity contribution in [3.05, 3.63) is 53.7 Å². The van der Waals surface area contributed by atoms with Gasteiger partial charge in [0.2, 0.25) is 5.91 Å². The molecule has 0 spiro atoms. The zero-order chi connectivity index (χ0) is 18.7. The molecule has 0 aliphatic carbocycles. The Morgan fingerprint density at radius 2 is 2.04 bits per heavy atom. The van der Waals surface area contributed by atoms with E-state index >= 15 is 0 Å². The molecule has 6 nitrogen and oxygen atoms in total. The summed E-state index contributed by atoms with van der Waals surface area (Å²) in [5, 5.41) is 3.71. The molecule has 1 saturated heterocycles. The van der Waals surface area contributed by atoms with Gasteiger partial charge in [-0.15, -0.1) is 0 Å². The molecule has 26 heavy (non-hydrogen) atoms. The van der Waals surface area contributed by atoms with E-state index in [0.717, 1.165) is 5.56 Å². The lowest BCUT2D eigenvalue weighted by atomic mass is 10.0. The van der Waals surface area contributed by atoms with Crippen molar-refractivity contribution in [1.82, 2.24) is 15.0 Å². The molecule has 0 unspecified atom stereocenters. The SMILES string of the molecule is CC(C)[C@H]1CN(C(=O)c2ccon2)CCC(=O)N1Cc1ccc(F)cc1. The molecule has 3 rings (SSSR count). The molecule has 7 heteroatoms. The molecule has 0 bridgehead atoms. The van der Waals surface area contributed by atoms with Crippen LogP contribution in [0.2, 0.25) is 0 Å². The van der Waals surface area contributed by atoms with E-state index in [1.807, 2.05) is 13.8 Å². The van der Waals surface area contributed by atoms with E-state index in [1.54, 1.807) is 21.9 Å². The Morgan fingerprint density at radius 3 is 2.65 bits per heavy atom. The summed E-state index contributed by atoms with van der Waals surface area (Å²) in [4.78, 5) is 28.8. The molecular formula is C19H22FN3O3. The zero-order valence-corrected chi connectivity index (χ0v) is 14.9. The van der Waals surface area contributed by atoms with Gasteiger partial charge in [0.05, 0.1) is 6.04 Å². The van der Waals surface area contributed by atoms with Gasteiger partial charge in [-0.3, -0.25) is 9.59 Å². The lowest BCUT2D eigenvalue weighted by Crippen LogP contribution is -2.47. The number of carbonyl (C=O) groups excluding carboxylic acids is 2. The summed E-state index contributed by atoms with van der Waals surface area (Å²) in [5.74, 6) is -0.393. The first kappa shape index (κ1) is 18.1. The van der Waals surface area contributed by atoms with Crippen LogP contribution >= 0.6 is 0 Å². The van der Waals surface area contributed by atoms with Gasteiger partial charge in [-0.25, -0.2) is 4.39 Å². The maximum absolute atomic E-state index is 13.1. The van der Waals surface area contributed by atoms with Gasteiger partial charge in [0.25, 0.3) is 5.91 Å². The lowest BCUT2D eigenvalue weighted by molar-refractivity contribution is -0.134. The fraction of sp³-hybridized carbons (Fsp3) is 0.421. The second-order valence-corrected chi connectivity index (χ2v) is 6.85. The third-order valence-electron chi connectivity index (χ3n) is 4.70. The lowest BCUT2D eigenvalue weighted by Gasteiger charge is -2.34. The third-order valence-corrected chi connectivity index (χ3v) is 4.70. The minimum absolute atomic E-state index is 0.0107. The first-order chi connectivity index (χ1) is 12.5. The van der Waals surface area contributed by atoms with Crippen molar-refractivity contribution >= 4 is 11.8 Å². The minimum Gasteiger partial charge on any atom is -0.364 e. The molecule has 1 aliphatic rings. The number of halogens is 1. The van der Waals surface area contributed by atoms with Crippen molar-refractivity contribution in [2.75, 3.05) is 13.1 Å². The molecule has 1 aromatic carbocycles. The molecule has 1 aliphatic heterocycles. The largest absolute Gasteiger partial charge is 0.364 e. The number of amides is 2. The fourth-order valence-electron chi connectivity index (χ4n) is 3.21. The Kier molecular flexibility index (Phi) is 5.35. The Morgan fingerprint density at radius 1 is 1.31 bits per heavy atom. The molecule has 1 aromatic heterocycles. The summed E-state index contributed by atoms with van der Waals surface area (Å²) in [5.41, 5.74) is 1.11. The van der Waals surface area contributed by atoms with Gasteiger partial charge in [-0.05, 0) is 23.6 Å². The molecule has 1 atom stereocenters. The summed E-state index contributed by atoms with van der Waals surface area (Å²) < 4.78 is 17.9. The third kappa shape index (κ3) is 3.92. The molecule has 2 aromatic rings. The van der Waals surface area contributed by atoms with Crippen molar-refractivity contribution in [3.8, 4) is 0 Å². The molecule has 0 radical (unpaired) electrons. The summed E-state index contributed by atoms with van der Waals surface area (Å²) in [6, 6.07) is 7.54. The van der Waals surface area contributed by atoms with Gasteiger partial charge in [-0.1, -0.05) is 31.1 Å². The van der Waals surface area contributed by atoms with Gasteiger partial charge >= 0.3 is 0 Å². The average molecular weight is 359 g/mol. The number of hydrogen-bond acceptors (Lipinski definition) is 4. The van der Waals surface area contributed by atoms with E-state index in [2.05, 4.69) is 5.16 Å². The minimum atomic E-state index is -0.305. The monoisotopic (exact) mass is 359 g/mol. The summed E-state index contributed by atoms with van der Waals surface area (Å²) in [6.45, 7) is 5.22. The molecule has 2 heterocycles. The first-order valence-electron chi connectivity index (χ1n) is 8.69. The van der Waals surface area contributed by atoms with Crippen LogP contribution in [0, 0.1) is 11.7 Å². The highest BCUT2D eigenvalue weighted by atomic mass is 19.1. The molecule has 0 saturated carbocycles. The average Bonchev–Trinajstić information content (AvgIpc) is 3.10.